The summed E-state index contributed by atoms with van der Waals surface area (Å²) in [5, 5.41) is 0. The van der Waals surface area contributed by atoms with Gasteiger partial charge in [-0.2, -0.15) is 0 Å². The van der Waals surface area contributed by atoms with Gasteiger partial charge in [0.2, 0.25) is 0 Å². The van der Waals surface area contributed by atoms with E-state index in [1.165, 1.54) is 12.4 Å². The first-order valence-corrected chi connectivity index (χ1v) is 4.61. The zero-order chi connectivity index (χ0) is 11.4. The van der Waals surface area contributed by atoms with Gasteiger partial charge in [0.05, 0.1) is 5.56 Å². The highest BCUT2D eigenvalue weighted by atomic mass is 16.5. The second-order valence-corrected chi connectivity index (χ2v) is 3.01. The van der Waals surface area contributed by atoms with E-state index in [9.17, 15) is 4.79 Å². The summed E-state index contributed by atoms with van der Waals surface area (Å²) >= 11 is 0. The highest BCUT2D eigenvalue weighted by Gasteiger charge is 2.12. The number of hydrogen-bond acceptors (Lipinski definition) is 5. The third kappa shape index (κ3) is 2.14. The van der Waals surface area contributed by atoms with Crippen LogP contribution in [0.25, 0.3) is 0 Å². The summed E-state index contributed by atoms with van der Waals surface area (Å²) in [6, 6.07) is 8.30. The summed E-state index contributed by atoms with van der Waals surface area (Å²) in [5.74, 6) is -0.565. The van der Waals surface area contributed by atoms with Gasteiger partial charge in [0.25, 0.3) is 0 Å². The fourth-order valence-corrected chi connectivity index (χ4v) is 1.16. The lowest BCUT2D eigenvalue weighted by atomic mass is 10.2. The Labute approximate surface area is 91.9 Å². The second-order valence-electron chi connectivity index (χ2n) is 3.01. The molecule has 16 heavy (non-hydrogen) atoms. The number of rotatable bonds is 2. The summed E-state index contributed by atoms with van der Waals surface area (Å²) in [4.78, 5) is 19.2. The van der Waals surface area contributed by atoms with Crippen molar-refractivity contribution in [1.82, 2.24) is 9.97 Å². The number of ether oxygens (including phenoxy) is 1. The maximum absolute atomic E-state index is 11.7. The van der Waals surface area contributed by atoms with Crippen LogP contribution in [-0.2, 0) is 0 Å². The van der Waals surface area contributed by atoms with Crippen LogP contribution in [0.2, 0.25) is 0 Å². The van der Waals surface area contributed by atoms with Gasteiger partial charge in [-0.3, -0.25) is 0 Å². The van der Waals surface area contributed by atoms with Crippen LogP contribution in [0.5, 0.6) is 6.01 Å². The fraction of sp³-hybridized carbons (Fsp3) is 0. The first-order valence-electron chi connectivity index (χ1n) is 4.61. The molecule has 0 aliphatic rings. The van der Waals surface area contributed by atoms with E-state index in [0.29, 0.717) is 11.3 Å². The Morgan fingerprint density at radius 2 is 1.81 bits per heavy atom. The maximum atomic E-state index is 11.7. The number of carbonyl (C=O) groups excluding carboxylic acids is 1. The predicted octanol–water partition coefficient (Wildman–Crippen LogP) is 1.28. The Hall–Kier alpha value is -2.43. The molecular weight excluding hydrogens is 206 g/mol. The molecule has 0 aliphatic carbocycles. The number of hydrogen-bond donors (Lipinski definition) is 1. The van der Waals surface area contributed by atoms with E-state index in [-0.39, 0.29) is 6.01 Å². The normalized spacial score (nSPS) is 9.75. The van der Waals surface area contributed by atoms with E-state index in [4.69, 9.17) is 10.5 Å². The Kier molecular flexibility index (Phi) is 2.77. The molecule has 0 saturated heterocycles. The molecule has 0 atom stereocenters. The molecule has 1 aromatic heterocycles. The van der Waals surface area contributed by atoms with Crippen molar-refractivity contribution in [2.24, 2.45) is 0 Å². The van der Waals surface area contributed by atoms with Gasteiger partial charge in [0, 0.05) is 18.1 Å². The lowest BCUT2D eigenvalue weighted by Crippen LogP contribution is -2.12. The average molecular weight is 215 g/mol. The Bertz CT molecular complexity index is 500. The van der Waals surface area contributed by atoms with Gasteiger partial charge < -0.3 is 10.5 Å². The Morgan fingerprint density at radius 1 is 1.12 bits per heavy atom. The highest BCUT2D eigenvalue weighted by Crippen LogP contribution is 2.12. The van der Waals surface area contributed by atoms with E-state index >= 15 is 0 Å². The van der Waals surface area contributed by atoms with E-state index in [0.717, 1.165) is 0 Å². The van der Waals surface area contributed by atoms with Gasteiger partial charge in [0.1, 0.15) is 0 Å². The molecule has 2 rings (SSSR count). The molecule has 5 heteroatoms. The van der Waals surface area contributed by atoms with Crippen LogP contribution >= 0.6 is 0 Å². The number of esters is 1. The molecule has 2 N–H and O–H groups in total. The van der Waals surface area contributed by atoms with Crippen molar-refractivity contribution in [1.29, 1.82) is 0 Å². The second kappa shape index (κ2) is 4.39. The van der Waals surface area contributed by atoms with Crippen LogP contribution < -0.4 is 10.5 Å². The average Bonchev–Trinajstić information content (AvgIpc) is 2.31. The van der Waals surface area contributed by atoms with E-state index < -0.39 is 5.97 Å². The summed E-state index contributed by atoms with van der Waals surface area (Å²) in [6.07, 6.45) is 2.98. The molecule has 80 valence electrons. The zero-order valence-electron chi connectivity index (χ0n) is 8.33. The SMILES string of the molecule is Nc1ccccc1C(=O)Oc1ncccn1. The summed E-state index contributed by atoms with van der Waals surface area (Å²) in [6.45, 7) is 0. The number of nitrogen functional groups attached to an aromatic ring is 1. The van der Waals surface area contributed by atoms with Crippen LogP contribution in [-0.4, -0.2) is 15.9 Å². The van der Waals surface area contributed by atoms with Crippen molar-refractivity contribution in [3.63, 3.8) is 0 Å². The van der Waals surface area contributed by atoms with Crippen molar-refractivity contribution in [2.75, 3.05) is 5.73 Å². The lowest BCUT2D eigenvalue weighted by Gasteiger charge is -2.03. The number of benzene rings is 1. The highest BCUT2D eigenvalue weighted by molar-refractivity contribution is 5.95. The third-order valence-corrected chi connectivity index (χ3v) is 1.91. The van der Waals surface area contributed by atoms with Crippen molar-refractivity contribution < 1.29 is 9.53 Å². The molecule has 1 aromatic carbocycles. The van der Waals surface area contributed by atoms with E-state index in [1.807, 2.05) is 0 Å². The summed E-state index contributed by atoms with van der Waals surface area (Å²) < 4.78 is 4.94. The van der Waals surface area contributed by atoms with Crippen molar-refractivity contribution >= 4 is 11.7 Å². The van der Waals surface area contributed by atoms with Crippen molar-refractivity contribution in [3.8, 4) is 6.01 Å². The molecule has 0 saturated carbocycles. The third-order valence-electron chi connectivity index (χ3n) is 1.91. The first-order chi connectivity index (χ1) is 7.77. The van der Waals surface area contributed by atoms with E-state index in [1.54, 1.807) is 30.3 Å². The standard InChI is InChI=1S/C11H9N3O2/c12-9-5-2-1-4-8(9)10(15)16-11-13-6-3-7-14-11/h1-7H,12H2. The van der Waals surface area contributed by atoms with Crippen LogP contribution in [0, 0.1) is 0 Å². The number of nitrogens with two attached hydrogens (primary N) is 1. The smallest absolute Gasteiger partial charge is 0.348 e. The van der Waals surface area contributed by atoms with Crippen molar-refractivity contribution in [3.05, 3.63) is 48.3 Å². The molecule has 0 aliphatic heterocycles. The van der Waals surface area contributed by atoms with Gasteiger partial charge in [-0.25, -0.2) is 14.8 Å². The minimum atomic E-state index is -0.565. The minimum absolute atomic E-state index is 0.00996. The summed E-state index contributed by atoms with van der Waals surface area (Å²) in [7, 11) is 0. The largest absolute Gasteiger partial charge is 0.398 e. The Morgan fingerprint density at radius 3 is 2.50 bits per heavy atom. The number of carbonyl (C=O) groups is 1. The summed E-state index contributed by atoms with van der Waals surface area (Å²) in [5.41, 5.74) is 6.30. The molecule has 0 amide bonds. The van der Waals surface area contributed by atoms with E-state index in [2.05, 4.69) is 9.97 Å². The molecule has 0 fully saturated rings. The number of aromatic nitrogens is 2. The molecule has 0 radical (unpaired) electrons. The quantitative estimate of drug-likeness (QED) is 0.603. The molecule has 1 heterocycles. The maximum Gasteiger partial charge on any atom is 0.348 e. The van der Waals surface area contributed by atoms with Gasteiger partial charge in [-0.1, -0.05) is 12.1 Å². The van der Waals surface area contributed by atoms with Crippen LogP contribution in [0.3, 0.4) is 0 Å². The molecular formula is C11H9N3O2. The topological polar surface area (TPSA) is 78.1 Å². The molecule has 2 aromatic rings. The number of anilines is 1. The van der Waals surface area contributed by atoms with Gasteiger partial charge in [-0.05, 0) is 18.2 Å². The lowest BCUT2D eigenvalue weighted by molar-refractivity contribution is 0.0720. The fourth-order valence-electron chi connectivity index (χ4n) is 1.16. The van der Waals surface area contributed by atoms with Crippen LogP contribution in [0.1, 0.15) is 10.4 Å². The van der Waals surface area contributed by atoms with Gasteiger partial charge >= 0.3 is 12.0 Å². The Balaban J connectivity index is 2.19. The van der Waals surface area contributed by atoms with Crippen LogP contribution in [0.4, 0.5) is 5.69 Å². The molecule has 0 spiro atoms. The predicted molar refractivity (Wildman–Crippen MR) is 57.8 cm³/mol. The number of para-hydroxylation sites is 1. The molecule has 0 unspecified atom stereocenters. The number of nitrogens with zero attached hydrogens (tertiary/aromatic N) is 2. The van der Waals surface area contributed by atoms with Gasteiger partial charge in [0.15, 0.2) is 0 Å². The van der Waals surface area contributed by atoms with Crippen LogP contribution in [0.15, 0.2) is 42.7 Å². The van der Waals surface area contributed by atoms with Crippen molar-refractivity contribution in [2.45, 2.75) is 0 Å². The molecule has 5 nitrogen and oxygen atoms in total. The molecule has 0 bridgehead atoms. The first kappa shape index (κ1) is 10.1. The monoisotopic (exact) mass is 215 g/mol. The minimum Gasteiger partial charge on any atom is -0.398 e. The zero-order valence-corrected chi connectivity index (χ0v) is 8.33. The van der Waals surface area contributed by atoms with Gasteiger partial charge in [-0.15, -0.1) is 0 Å².